The molecule has 1 aromatic heterocycles. The number of carboxylic acid groups (broad SMARTS) is 1. The number of hydrogen-bond acceptors (Lipinski definition) is 4. The van der Waals surface area contributed by atoms with E-state index >= 15 is 0 Å². The Kier molecular flexibility index (Phi) is 6.53. The third-order valence-electron chi connectivity index (χ3n) is 6.14. The van der Waals surface area contributed by atoms with Crippen molar-refractivity contribution in [3.8, 4) is 11.5 Å². The van der Waals surface area contributed by atoms with E-state index in [4.69, 9.17) is 9.47 Å². The number of halogens is 1. The quantitative estimate of drug-likeness (QED) is 0.539. The molecular weight excluding hydrogens is 427 g/mol. The van der Waals surface area contributed by atoms with E-state index in [1.807, 2.05) is 17.6 Å². The van der Waals surface area contributed by atoms with Crippen molar-refractivity contribution in [1.82, 2.24) is 9.88 Å². The summed E-state index contributed by atoms with van der Waals surface area (Å²) in [5.74, 6) is -0.515. The van der Waals surface area contributed by atoms with Gasteiger partial charge in [0.25, 0.3) is 5.91 Å². The summed E-state index contributed by atoms with van der Waals surface area (Å²) in [6.45, 7) is 1.67. The number of nitrogens with one attached hydrogen (secondary N) is 1. The van der Waals surface area contributed by atoms with Crippen LogP contribution in [-0.4, -0.2) is 41.3 Å². The Bertz CT molecular complexity index is 1190. The number of hydrogen-bond donors (Lipinski definition) is 2. The highest BCUT2D eigenvalue weighted by atomic mass is 19.1. The molecule has 0 saturated heterocycles. The maximum atomic E-state index is 14.1. The van der Waals surface area contributed by atoms with Gasteiger partial charge in [-0.2, -0.15) is 0 Å². The zero-order valence-electron chi connectivity index (χ0n) is 18.6. The topological polar surface area (TPSA) is 89.8 Å². The van der Waals surface area contributed by atoms with Gasteiger partial charge in [0.1, 0.15) is 11.9 Å². The van der Waals surface area contributed by atoms with Crippen LogP contribution in [0.15, 0.2) is 42.5 Å². The molecule has 3 aromatic rings. The summed E-state index contributed by atoms with van der Waals surface area (Å²) in [6.07, 6.45) is 2.16. The summed E-state index contributed by atoms with van der Waals surface area (Å²) < 4.78 is 26.7. The minimum Gasteiger partial charge on any atom is -0.493 e. The summed E-state index contributed by atoms with van der Waals surface area (Å²) in [7, 11) is 1.54. The zero-order valence-corrected chi connectivity index (χ0v) is 18.6. The molecule has 2 atom stereocenters. The minimum atomic E-state index is -0.912. The molecule has 0 saturated carbocycles. The first kappa shape index (κ1) is 22.6. The molecule has 174 valence electrons. The van der Waals surface area contributed by atoms with Crippen molar-refractivity contribution >= 4 is 22.8 Å². The third kappa shape index (κ3) is 4.51. The molecule has 0 spiro atoms. The Balaban J connectivity index is 1.53. The van der Waals surface area contributed by atoms with Crippen LogP contribution in [0.1, 0.15) is 37.1 Å². The number of ether oxygens (including phenoxy) is 2. The highest BCUT2D eigenvalue weighted by Crippen LogP contribution is 2.36. The van der Waals surface area contributed by atoms with E-state index in [0.717, 1.165) is 11.3 Å². The second kappa shape index (κ2) is 9.52. The van der Waals surface area contributed by atoms with Crippen LogP contribution in [0.2, 0.25) is 0 Å². The van der Waals surface area contributed by atoms with Crippen LogP contribution in [0.4, 0.5) is 4.39 Å². The van der Waals surface area contributed by atoms with Crippen LogP contribution < -0.4 is 14.8 Å². The standard InChI is InChI=1S/C25H27FN2O5/c1-3-19(25(30)31)28-20-10-8-15(26)12-17(20)18-13-16(9-11-21(18)28)27-24(29)14-33-23-7-5-4-6-22(23)32-2/h4-8,10,12,16,19H,3,9,11,13-14H2,1-2H3,(H,27,29)(H,30,31). The molecule has 4 rings (SSSR count). The van der Waals surface area contributed by atoms with Crippen molar-refractivity contribution in [3.05, 3.63) is 59.5 Å². The zero-order chi connectivity index (χ0) is 23.5. The van der Waals surface area contributed by atoms with Gasteiger partial charge in [-0.15, -0.1) is 0 Å². The van der Waals surface area contributed by atoms with Crippen LogP contribution in [-0.2, 0) is 22.4 Å². The predicted octanol–water partition coefficient (Wildman–Crippen LogP) is 3.88. The number of fused-ring (bicyclic) bond motifs is 3. The van der Waals surface area contributed by atoms with E-state index in [9.17, 15) is 19.1 Å². The molecule has 1 aliphatic carbocycles. The third-order valence-corrected chi connectivity index (χ3v) is 6.14. The number of nitrogens with zero attached hydrogens (tertiary/aromatic N) is 1. The van der Waals surface area contributed by atoms with Gasteiger partial charge in [-0.3, -0.25) is 4.79 Å². The number of benzene rings is 2. The van der Waals surface area contributed by atoms with Gasteiger partial charge in [-0.05, 0) is 61.6 Å². The molecule has 0 bridgehead atoms. The number of carboxylic acids is 1. The predicted molar refractivity (Wildman–Crippen MR) is 121 cm³/mol. The van der Waals surface area contributed by atoms with E-state index in [2.05, 4.69) is 5.32 Å². The lowest BCUT2D eigenvalue weighted by molar-refractivity contribution is -0.141. The van der Waals surface area contributed by atoms with Crippen LogP contribution >= 0.6 is 0 Å². The van der Waals surface area contributed by atoms with Crippen molar-refractivity contribution < 1.29 is 28.6 Å². The molecule has 2 N–H and O–H groups in total. The Labute approximate surface area is 191 Å². The molecule has 0 fully saturated rings. The number of rotatable bonds is 8. The van der Waals surface area contributed by atoms with Crippen molar-refractivity contribution in [1.29, 1.82) is 0 Å². The van der Waals surface area contributed by atoms with Gasteiger partial charge >= 0.3 is 5.97 Å². The normalized spacial score (nSPS) is 16.2. The summed E-state index contributed by atoms with van der Waals surface area (Å²) >= 11 is 0. The highest BCUT2D eigenvalue weighted by molar-refractivity contribution is 5.88. The minimum absolute atomic E-state index is 0.154. The number of para-hydroxylation sites is 2. The fourth-order valence-electron chi connectivity index (χ4n) is 4.66. The molecule has 33 heavy (non-hydrogen) atoms. The van der Waals surface area contributed by atoms with Crippen LogP contribution in [0.5, 0.6) is 11.5 Å². The summed E-state index contributed by atoms with van der Waals surface area (Å²) in [4.78, 5) is 24.4. The SMILES string of the molecule is CCC(C(=O)O)n1c2c(c3cc(F)ccc31)CC(NC(=O)COc1ccccc1OC)CC2. The van der Waals surface area contributed by atoms with Crippen LogP contribution in [0.3, 0.4) is 0 Å². The molecule has 2 aromatic carbocycles. The number of aromatic nitrogens is 1. The lowest BCUT2D eigenvalue weighted by Crippen LogP contribution is -2.41. The molecule has 1 aliphatic rings. The average molecular weight is 454 g/mol. The van der Waals surface area contributed by atoms with Crippen LogP contribution in [0, 0.1) is 5.82 Å². The Morgan fingerprint density at radius 1 is 1.24 bits per heavy atom. The van der Waals surface area contributed by atoms with Gasteiger partial charge in [-0.25, -0.2) is 9.18 Å². The van der Waals surface area contributed by atoms with Crippen molar-refractivity contribution in [3.63, 3.8) is 0 Å². The van der Waals surface area contributed by atoms with Gasteiger partial charge in [-0.1, -0.05) is 19.1 Å². The van der Waals surface area contributed by atoms with Gasteiger partial charge in [0.15, 0.2) is 18.1 Å². The largest absolute Gasteiger partial charge is 0.493 e. The Morgan fingerprint density at radius 2 is 2.00 bits per heavy atom. The number of methoxy groups -OCH3 is 1. The van der Waals surface area contributed by atoms with Crippen molar-refractivity contribution in [2.24, 2.45) is 0 Å². The second-order valence-electron chi connectivity index (χ2n) is 8.17. The van der Waals surface area contributed by atoms with E-state index < -0.39 is 12.0 Å². The first-order valence-electron chi connectivity index (χ1n) is 11.0. The van der Waals surface area contributed by atoms with E-state index in [1.165, 1.54) is 19.2 Å². The molecule has 7 nitrogen and oxygen atoms in total. The summed E-state index contributed by atoms with van der Waals surface area (Å²) in [5, 5.41) is 13.4. The highest BCUT2D eigenvalue weighted by Gasteiger charge is 2.31. The second-order valence-corrected chi connectivity index (χ2v) is 8.17. The van der Waals surface area contributed by atoms with Crippen molar-refractivity contribution in [2.75, 3.05) is 13.7 Å². The Hall–Kier alpha value is -3.55. The van der Waals surface area contributed by atoms with Gasteiger partial charge in [0.05, 0.1) is 7.11 Å². The lowest BCUT2D eigenvalue weighted by Gasteiger charge is -2.26. The number of carbonyl (C=O) groups excluding carboxylic acids is 1. The number of aliphatic carboxylic acids is 1. The average Bonchev–Trinajstić information content (AvgIpc) is 3.11. The smallest absolute Gasteiger partial charge is 0.326 e. The molecular formula is C25H27FN2O5. The molecule has 1 heterocycles. The fraction of sp³-hybridized carbons (Fsp3) is 0.360. The van der Waals surface area contributed by atoms with Gasteiger partial charge in [0, 0.05) is 22.6 Å². The molecule has 1 amide bonds. The van der Waals surface area contributed by atoms with Crippen LogP contribution in [0.25, 0.3) is 10.9 Å². The maximum absolute atomic E-state index is 14.1. The first-order valence-corrected chi connectivity index (χ1v) is 11.0. The van der Waals surface area contributed by atoms with E-state index in [0.29, 0.717) is 48.1 Å². The van der Waals surface area contributed by atoms with Gasteiger partial charge in [0.2, 0.25) is 0 Å². The first-order chi connectivity index (χ1) is 15.9. The van der Waals surface area contributed by atoms with Gasteiger partial charge < -0.3 is 24.5 Å². The fourth-order valence-corrected chi connectivity index (χ4v) is 4.66. The summed E-state index contributed by atoms with van der Waals surface area (Å²) in [6, 6.07) is 10.7. The monoisotopic (exact) mass is 454 g/mol. The number of carbonyl (C=O) groups is 2. The van der Waals surface area contributed by atoms with Crippen molar-refractivity contribution in [2.45, 2.75) is 44.7 Å². The lowest BCUT2D eigenvalue weighted by atomic mass is 9.91. The Morgan fingerprint density at radius 3 is 2.70 bits per heavy atom. The maximum Gasteiger partial charge on any atom is 0.326 e. The summed E-state index contributed by atoms with van der Waals surface area (Å²) in [5.41, 5.74) is 2.51. The number of amides is 1. The van der Waals surface area contributed by atoms with E-state index in [-0.39, 0.29) is 24.4 Å². The molecule has 0 aliphatic heterocycles. The molecule has 0 radical (unpaired) electrons. The van der Waals surface area contributed by atoms with E-state index in [1.54, 1.807) is 24.3 Å². The molecule has 8 heteroatoms. The molecule has 2 unspecified atom stereocenters.